The van der Waals surface area contributed by atoms with Crippen molar-refractivity contribution in [2.45, 2.75) is 44.1 Å². The monoisotopic (exact) mass is 443 g/mol. The molecule has 5 rings (SSSR count). The van der Waals surface area contributed by atoms with E-state index in [9.17, 15) is 14.6 Å². The third kappa shape index (κ3) is 3.40. The van der Waals surface area contributed by atoms with Gasteiger partial charge < -0.3 is 25.8 Å². The van der Waals surface area contributed by atoms with Gasteiger partial charge in [-0.05, 0) is 60.2 Å². The fourth-order valence-electron chi connectivity index (χ4n) is 4.71. The lowest BCUT2D eigenvalue weighted by Crippen LogP contribution is -2.29. The smallest absolute Gasteiger partial charge is 0.146 e. The minimum atomic E-state index is -1.01. The number of rotatable bonds is 4. The van der Waals surface area contributed by atoms with Gasteiger partial charge in [0.15, 0.2) is 0 Å². The van der Waals surface area contributed by atoms with Gasteiger partial charge in [0.2, 0.25) is 0 Å². The first kappa shape index (κ1) is 20.4. The Morgan fingerprint density at radius 2 is 2.10 bits per heavy atom. The number of anilines is 1. The molecule has 1 aliphatic carbocycles. The lowest BCUT2D eigenvalue weighted by molar-refractivity contribution is 0.0317. The van der Waals surface area contributed by atoms with Gasteiger partial charge in [-0.2, -0.15) is 0 Å². The molecule has 0 amide bonds. The van der Waals surface area contributed by atoms with E-state index in [-0.39, 0.29) is 10.8 Å². The van der Waals surface area contributed by atoms with E-state index in [0.29, 0.717) is 48.2 Å². The number of nitrogens with one attached hydrogen (secondary N) is 1. The highest BCUT2D eigenvalue weighted by atomic mass is 35.5. The molecule has 0 unspecified atom stereocenters. The zero-order valence-electron chi connectivity index (χ0n) is 16.7. The average Bonchev–Trinajstić information content (AvgIpc) is 3.32. The molecule has 3 atom stereocenters. The number of hydrogen-bond acceptors (Lipinski definition) is 6. The van der Waals surface area contributed by atoms with Crippen LogP contribution in [0.25, 0.3) is 11.0 Å². The molecule has 0 saturated heterocycles. The SMILES string of the molecule is Nc1ncnc2c1ccn2[C@@H]1C=C(CCc2cc(Cl)c(F)c3c2CNCC3)[C@@H](O)[C@H]1O. The number of benzene rings is 1. The molecule has 2 aromatic heterocycles. The first-order valence-corrected chi connectivity index (χ1v) is 10.7. The van der Waals surface area contributed by atoms with Crippen molar-refractivity contribution in [1.82, 2.24) is 19.9 Å². The van der Waals surface area contributed by atoms with Crippen molar-refractivity contribution < 1.29 is 14.6 Å². The second-order valence-corrected chi connectivity index (χ2v) is 8.51. The topological polar surface area (TPSA) is 109 Å². The molecule has 0 spiro atoms. The Kier molecular flexibility index (Phi) is 5.18. The maximum Gasteiger partial charge on any atom is 0.146 e. The van der Waals surface area contributed by atoms with E-state index in [1.807, 2.05) is 6.08 Å². The molecule has 162 valence electrons. The Morgan fingerprint density at radius 3 is 2.94 bits per heavy atom. The van der Waals surface area contributed by atoms with E-state index < -0.39 is 18.2 Å². The van der Waals surface area contributed by atoms with Crippen LogP contribution < -0.4 is 11.1 Å². The fourth-order valence-corrected chi connectivity index (χ4v) is 4.96. The summed E-state index contributed by atoms with van der Waals surface area (Å²) in [7, 11) is 0. The van der Waals surface area contributed by atoms with Gasteiger partial charge >= 0.3 is 0 Å². The van der Waals surface area contributed by atoms with Crippen molar-refractivity contribution in [3.8, 4) is 0 Å². The van der Waals surface area contributed by atoms with Crippen molar-refractivity contribution in [2.75, 3.05) is 12.3 Å². The molecule has 31 heavy (non-hydrogen) atoms. The first-order valence-electron chi connectivity index (χ1n) is 10.3. The van der Waals surface area contributed by atoms with Gasteiger partial charge in [0.1, 0.15) is 35.8 Å². The highest BCUT2D eigenvalue weighted by molar-refractivity contribution is 6.30. The molecule has 0 radical (unpaired) electrons. The zero-order valence-corrected chi connectivity index (χ0v) is 17.5. The van der Waals surface area contributed by atoms with Crippen molar-refractivity contribution in [3.05, 3.63) is 63.8 Å². The number of aliphatic hydroxyl groups is 2. The van der Waals surface area contributed by atoms with Crippen LogP contribution in [-0.2, 0) is 19.4 Å². The maximum atomic E-state index is 14.4. The largest absolute Gasteiger partial charge is 0.388 e. The van der Waals surface area contributed by atoms with Crippen molar-refractivity contribution in [3.63, 3.8) is 0 Å². The van der Waals surface area contributed by atoms with E-state index in [4.69, 9.17) is 17.3 Å². The van der Waals surface area contributed by atoms with Gasteiger partial charge in [-0.25, -0.2) is 14.4 Å². The third-order valence-electron chi connectivity index (χ3n) is 6.36. The fraction of sp³-hybridized carbons (Fsp3) is 0.364. The van der Waals surface area contributed by atoms with Crippen LogP contribution in [0.5, 0.6) is 0 Å². The Bertz CT molecular complexity index is 1190. The van der Waals surface area contributed by atoms with Crippen LogP contribution in [0.15, 0.2) is 36.3 Å². The normalized spacial score (nSPS) is 23.2. The summed E-state index contributed by atoms with van der Waals surface area (Å²) < 4.78 is 16.2. The van der Waals surface area contributed by atoms with Gasteiger partial charge in [0.05, 0.1) is 16.5 Å². The molecule has 7 nitrogen and oxygen atoms in total. The minimum absolute atomic E-state index is 0.130. The molecule has 9 heteroatoms. The molecule has 2 aliphatic rings. The first-order chi connectivity index (χ1) is 15.0. The molecule has 3 aromatic rings. The van der Waals surface area contributed by atoms with E-state index in [1.54, 1.807) is 22.9 Å². The molecular weight excluding hydrogens is 421 g/mol. The van der Waals surface area contributed by atoms with Crippen LogP contribution in [-0.4, -0.2) is 43.5 Å². The van der Waals surface area contributed by atoms with E-state index in [0.717, 1.165) is 23.2 Å². The molecule has 3 heterocycles. The number of nitrogens with two attached hydrogens (primary N) is 1. The second-order valence-electron chi connectivity index (χ2n) is 8.10. The predicted molar refractivity (Wildman–Crippen MR) is 116 cm³/mol. The van der Waals surface area contributed by atoms with Crippen LogP contribution in [0, 0.1) is 5.82 Å². The number of nitrogens with zero attached hydrogens (tertiary/aromatic N) is 3. The van der Waals surface area contributed by atoms with E-state index in [1.165, 1.54) is 6.33 Å². The molecule has 5 N–H and O–H groups in total. The van der Waals surface area contributed by atoms with Crippen LogP contribution in [0.3, 0.4) is 0 Å². The predicted octanol–water partition coefficient (Wildman–Crippen LogP) is 2.29. The molecular formula is C22H23ClFN5O2. The molecule has 0 fully saturated rings. The standard InChI is InChI=1S/C22H23ClFN5O2/c23-16-7-11(15-9-26-5-3-13(15)18(16)24)1-2-12-8-17(20(31)19(12)30)29-6-4-14-21(25)27-10-28-22(14)29/h4,6-8,10,17,19-20,26,30-31H,1-3,5,9H2,(H2,25,27,28)/t17-,19-,20+/m1/s1. The van der Waals surface area contributed by atoms with E-state index in [2.05, 4.69) is 15.3 Å². The summed E-state index contributed by atoms with van der Waals surface area (Å²) in [6.45, 7) is 1.32. The summed E-state index contributed by atoms with van der Waals surface area (Å²) >= 11 is 6.13. The Balaban J connectivity index is 1.43. The van der Waals surface area contributed by atoms with Gasteiger partial charge in [-0.3, -0.25) is 0 Å². The number of fused-ring (bicyclic) bond motifs is 2. The summed E-state index contributed by atoms with van der Waals surface area (Å²) in [5, 5.41) is 25.5. The maximum absolute atomic E-state index is 14.4. The number of aliphatic hydroxyl groups excluding tert-OH is 2. The third-order valence-corrected chi connectivity index (χ3v) is 6.64. The average molecular weight is 444 g/mol. The van der Waals surface area contributed by atoms with E-state index >= 15 is 0 Å². The summed E-state index contributed by atoms with van der Waals surface area (Å²) in [6, 6.07) is 3.01. The number of halogens is 2. The van der Waals surface area contributed by atoms with Crippen molar-refractivity contribution in [2.24, 2.45) is 0 Å². The van der Waals surface area contributed by atoms with Gasteiger partial charge in [0.25, 0.3) is 0 Å². The summed E-state index contributed by atoms with van der Waals surface area (Å²) in [6.07, 6.45) is 4.77. The summed E-state index contributed by atoms with van der Waals surface area (Å²) in [5.41, 5.74) is 9.84. The Labute approximate surface area is 183 Å². The molecule has 0 bridgehead atoms. The van der Waals surface area contributed by atoms with Gasteiger partial charge in [-0.15, -0.1) is 0 Å². The van der Waals surface area contributed by atoms with Crippen LogP contribution in [0.1, 0.15) is 29.2 Å². The lowest BCUT2D eigenvalue weighted by Gasteiger charge is -2.22. The minimum Gasteiger partial charge on any atom is -0.388 e. The number of hydrogen-bond donors (Lipinski definition) is 4. The summed E-state index contributed by atoms with van der Waals surface area (Å²) in [5.74, 6) is 0.0332. The number of aryl methyl sites for hydroxylation is 1. The number of nitrogen functional groups attached to an aromatic ring is 1. The highest BCUT2D eigenvalue weighted by Gasteiger charge is 2.36. The van der Waals surface area contributed by atoms with Crippen LogP contribution in [0.2, 0.25) is 5.02 Å². The highest BCUT2D eigenvalue weighted by Crippen LogP contribution is 2.36. The second kappa shape index (κ2) is 7.87. The summed E-state index contributed by atoms with van der Waals surface area (Å²) in [4.78, 5) is 8.27. The molecule has 0 saturated carbocycles. The van der Waals surface area contributed by atoms with Crippen molar-refractivity contribution >= 4 is 28.5 Å². The Hall–Kier alpha value is -2.52. The zero-order chi connectivity index (χ0) is 21.7. The van der Waals surface area contributed by atoms with Crippen LogP contribution >= 0.6 is 11.6 Å². The number of aromatic nitrogens is 3. The molecule has 1 aromatic carbocycles. The van der Waals surface area contributed by atoms with Crippen LogP contribution in [0.4, 0.5) is 10.2 Å². The molecule has 1 aliphatic heterocycles. The quantitative estimate of drug-likeness (QED) is 0.461. The Morgan fingerprint density at radius 1 is 1.26 bits per heavy atom. The van der Waals surface area contributed by atoms with Crippen molar-refractivity contribution in [1.29, 1.82) is 0 Å². The van der Waals surface area contributed by atoms with Gasteiger partial charge in [-0.1, -0.05) is 17.7 Å². The lowest BCUT2D eigenvalue weighted by atomic mass is 9.91. The van der Waals surface area contributed by atoms with Gasteiger partial charge in [0, 0.05) is 12.7 Å².